The highest BCUT2D eigenvalue weighted by atomic mass is 32.1. The first-order valence-electron chi connectivity index (χ1n) is 7.62. The Bertz CT molecular complexity index is 699. The molecule has 0 atom stereocenters. The third-order valence-corrected chi connectivity index (χ3v) is 4.01. The van der Waals surface area contributed by atoms with Crippen LogP contribution in [0.4, 0.5) is 14.3 Å². The predicted molar refractivity (Wildman–Crippen MR) is 91.7 cm³/mol. The van der Waals surface area contributed by atoms with Gasteiger partial charge in [0.1, 0.15) is 10.8 Å². The minimum absolute atomic E-state index is 0.213. The van der Waals surface area contributed by atoms with Crippen LogP contribution in [0.2, 0.25) is 0 Å². The summed E-state index contributed by atoms with van der Waals surface area (Å²) in [5.41, 5.74) is -0.182. The highest BCUT2D eigenvalue weighted by molar-refractivity contribution is 7.15. The molecule has 8 heteroatoms. The van der Waals surface area contributed by atoms with Crippen molar-refractivity contribution in [3.8, 4) is 0 Å². The van der Waals surface area contributed by atoms with Crippen LogP contribution in [0.3, 0.4) is 0 Å². The highest BCUT2D eigenvalue weighted by Crippen LogP contribution is 2.19. The number of nitrogens with zero attached hydrogens (tertiary/aromatic N) is 3. The number of carbonyl (C=O) groups is 1. The molecule has 0 aliphatic heterocycles. The summed E-state index contributed by atoms with van der Waals surface area (Å²) in [7, 11) is 0. The van der Waals surface area contributed by atoms with E-state index in [4.69, 9.17) is 0 Å². The monoisotopic (exact) mass is 352 g/mol. The lowest BCUT2D eigenvalue weighted by Gasteiger charge is -2.27. The Morgan fingerprint density at radius 3 is 2.79 bits per heavy atom. The van der Waals surface area contributed by atoms with Crippen molar-refractivity contribution in [1.82, 2.24) is 15.1 Å². The lowest BCUT2D eigenvalue weighted by molar-refractivity contribution is 0.0501. The molecule has 0 saturated heterocycles. The zero-order valence-electron chi connectivity index (χ0n) is 13.9. The van der Waals surface area contributed by atoms with Crippen LogP contribution in [0.5, 0.6) is 0 Å². The van der Waals surface area contributed by atoms with Gasteiger partial charge in [-0.3, -0.25) is 5.32 Å². The normalized spacial score (nSPS) is 11.4. The molecule has 1 aromatic carbocycles. The fourth-order valence-corrected chi connectivity index (χ4v) is 2.93. The number of carbonyl (C=O) groups excluding carboxylic acids is 1. The minimum Gasteiger partial charge on any atom is -0.389 e. The van der Waals surface area contributed by atoms with Crippen LogP contribution in [0.25, 0.3) is 0 Å². The number of halogens is 1. The Hall–Kier alpha value is -2.06. The van der Waals surface area contributed by atoms with E-state index in [1.165, 1.54) is 28.4 Å². The minimum atomic E-state index is -0.975. The van der Waals surface area contributed by atoms with Gasteiger partial charge in [0.2, 0.25) is 5.13 Å². The fourth-order valence-electron chi connectivity index (χ4n) is 2.16. The smallest absolute Gasteiger partial charge is 0.323 e. The van der Waals surface area contributed by atoms with E-state index >= 15 is 0 Å². The highest BCUT2D eigenvalue weighted by Gasteiger charge is 2.22. The Morgan fingerprint density at radius 2 is 2.17 bits per heavy atom. The van der Waals surface area contributed by atoms with Crippen molar-refractivity contribution in [1.29, 1.82) is 0 Å². The summed E-state index contributed by atoms with van der Waals surface area (Å²) < 4.78 is 13.2. The molecule has 6 nitrogen and oxygen atoms in total. The topological polar surface area (TPSA) is 78.4 Å². The second-order valence-corrected chi connectivity index (χ2v) is 7.13. The van der Waals surface area contributed by atoms with Gasteiger partial charge in [-0.15, -0.1) is 10.2 Å². The number of aliphatic hydroxyl groups is 1. The summed E-state index contributed by atoms with van der Waals surface area (Å²) in [6.45, 7) is 5.80. The number of hydrogen-bond donors (Lipinski definition) is 2. The molecule has 0 fully saturated rings. The van der Waals surface area contributed by atoms with Crippen LogP contribution in [0.1, 0.15) is 31.3 Å². The van der Waals surface area contributed by atoms with Crippen LogP contribution < -0.4 is 5.32 Å². The number of rotatable bonds is 6. The molecule has 2 N–H and O–H groups in total. The van der Waals surface area contributed by atoms with E-state index < -0.39 is 5.60 Å². The third-order valence-electron chi connectivity index (χ3n) is 3.17. The number of nitrogens with one attached hydrogen (secondary N) is 1. The molecular formula is C16H21FN4O2S. The molecular weight excluding hydrogens is 331 g/mol. The van der Waals surface area contributed by atoms with Crippen LogP contribution in [-0.2, 0) is 6.42 Å². The van der Waals surface area contributed by atoms with E-state index in [0.29, 0.717) is 23.1 Å². The summed E-state index contributed by atoms with van der Waals surface area (Å²) in [4.78, 5) is 13.7. The van der Waals surface area contributed by atoms with Gasteiger partial charge < -0.3 is 10.0 Å². The fraction of sp³-hybridized carbons (Fsp3) is 0.438. The van der Waals surface area contributed by atoms with Crippen molar-refractivity contribution in [2.45, 2.75) is 32.8 Å². The molecule has 0 aliphatic rings. The number of aromatic nitrogens is 2. The summed E-state index contributed by atoms with van der Waals surface area (Å²) in [5.74, 6) is -0.296. The van der Waals surface area contributed by atoms with E-state index in [2.05, 4.69) is 15.5 Å². The number of benzene rings is 1. The standard InChI is InChI=1S/C16H21FN4O2S/c1-4-21(10-16(2,3)23)15(22)18-14-20-19-13(24-14)9-11-6-5-7-12(17)8-11/h5-8,23H,4,9-10H2,1-3H3,(H,18,20,22). The zero-order valence-corrected chi connectivity index (χ0v) is 14.7. The van der Waals surface area contributed by atoms with Crippen molar-refractivity contribution in [3.63, 3.8) is 0 Å². The molecule has 1 aromatic heterocycles. The predicted octanol–water partition coefficient (Wildman–Crippen LogP) is 2.89. The maximum absolute atomic E-state index is 13.2. The maximum atomic E-state index is 13.2. The van der Waals surface area contributed by atoms with Crippen molar-refractivity contribution in [2.75, 3.05) is 18.4 Å². The van der Waals surface area contributed by atoms with Crippen molar-refractivity contribution in [3.05, 3.63) is 40.7 Å². The quantitative estimate of drug-likeness (QED) is 0.838. The van der Waals surface area contributed by atoms with Crippen LogP contribution in [0, 0.1) is 5.82 Å². The molecule has 24 heavy (non-hydrogen) atoms. The first-order valence-corrected chi connectivity index (χ1v) is 8.43. The first kappa shape index (κ1) is 18.3. The second kappa shape index (κ2) is 7.67. The molecule has 1 heterocycles. The van der Waals surface area contributed by atoms with Crippen LogP contribution in [-0.4, -0.2) is 44.9 Å². The molecule has 0 radical (unpaired) electrons. The summed E-state index contributed by atoms with van der Waals surface area (Å²) in [6, 6.07) is 5.95. The maximum Gasteiger partial charge on any atom is 0.323 e. The van der Waals surface area contributed by atoms with Gasteiger partial charge in [-0.1, -0.05) is 23.5 Å². The van der Waals surface area contributed by atoms with E-state index in [-0.39, 0.29) is 18.4 Å². The van der Waals surface area contributed by atoms with Gasteiger partial charge in [0.25, 0.3) is 0 Å². The van der Waals surface area contributed by atoms with Gasteiger partial charge in [-0.2, -0.15) is 0 Å². The van der Waals surface area contributed by atoms with Gasteiger partial charge >= 0.3 is 6.03 Å². The number of amides is 2. The van der Waals surface area contributed by atoms with Gasteiger partial charge in [0.05, 0.1) is 12.1 Å². The van der Waals surface area contributed by atoms with E-state index in [9.17, 15) is 14.3 Å². The summed E-state index contributed by atoms with van der Waals surface area (Å²) >= 11 is 1.24. The van der Waals surface area contributed by atoms with E-state index in [0.717, 1.165) is 5.56 Å². The average molecular weight is 352 g/mol. The van der Waals surface area contributed by atoms with E-state index in [1.807, 2.05) is 13.0 Å². The molecule has 130 valence electrons. The summed E-state index contributed by atoms with van der Waals surface area (Å²) in [6.07, 6.45) is 0.451. The molecule has 2 amide bonds. The van der Waals surface area contributed by atoms with Gasteiger partial charge in [-0.05, 0) is 38.5 Å². The number of urea groups is 1. The third kappa shape index (κ3) is 5.54. The SMILES string of the molecule is CCN(CC(C)(C)O)C(=O)Nc1nnc(Cc2cccc(F)c2)s1. The second-order valence-electron chi connectivity index (χ2n) is 6.06. The Balaban J connectivity index is 1.98. The molecule has 0 aliphatic carbocycles. The van der Waals surface area contributed by atoms with Gasteiger partial charge in [0.15, 0.2) is 0 Å². The van der Waals surface area contributed by atoms with Crippen LogP contribution >= 0.6 is 11.3 Å². The number of hydrogen-bond acceptors (Lipinski definition) is 5. The van der Waals surface area contributed by atoms with Crippen molar-refractivity contribution < 1.29 is 14.3 Å². The molecule has 0 unspecified atom stereocenters. The first-order chi connectivity index (χ1) is 11.3. The Morgan fingerprint density at radius 1 is 1.42 bits per heavy atom. The van der Waals surface area contributed by atoms with E-state index in [1.54, 1.807) is 19.9 Å². The molecule has 0 spiro atoms. The zero-order chi connectivity index (χ0) is 17.7. The van der Waals surface area contributed by atoms with Gasteiger partial charge in [0, 0.05) is 13.0 Å². The molecule has 2 aromatic rings. The molecule has 0 saturated carbocycles. The molecule has 2 rings (SSSR count). The van der Waals surface area contributed by atoms with Crippen molar-refractivity contribution >= 4 is 22.5 Å². The largest absolute Gasteiger partial charge is 0.389 e. The molecule has 0 bridgehead atoms. The van der Waals surface area contributed by atoms with Crippen LogP contribution in [0.15, 0.2) is 24.3 Å². The Labute approximate surface area is 144 Å². The summed E-state index contributed by atoms with van der Waals surface area (Å²) in [5, 5.41) is 21.5. The average Bonchev–Trinajstić information content (AvgIpc) is 2.90. The van der Waals surface area contributed by atoms with Crippen molar-refractivity contribution in [2.24, 2.45) is 0 Å². The Kier molecular flexibility index (Phi) is 5.84. The number of anilines is 1. The van der Waals surface area contributed by atoms with Gasteiger partial charge in [-0.25, -0.2) is 9.18 Å². The number of likely N-dealkylation sites (N-methyl/N-ethyl adjacent to an activating group) is 1. The lowest BCUT2D eigenvalue weighted by Crippen LogP contribution is -2.44. The lowest BCUT2D eigenvalue weighted by atomic mass is 10.1.